The minimum absolute atomic E-state index is 0.198. The predicted molar refractivity (Wildman–Crippen MR) is 137 cm³/mol. The lowest BCUT2D eigenvalue weighted by Gasteiger charge is -2.24. The van der Waals surface area contributed by atoms with Crippen LogP contribution in [0.25, 0.3) is 0 Å². The summed E-state index contributed by atoms with van der Waals surface area (Å²) in [7, 11) is -4.06. The largest absolute Gasteiger partial charge is 0.464 e. The fourth-order valence-corrected chi connectivity index (χ4v) is 5.04. The van der Waals surface area contributed by atoms with Gasteiger partial charge in [0.25, 0.3) is 5.56 Å². The van der Waals surface area contributed by atoms with E-state index in [1.54, 1.807) is 49.4 Å². The number of aromatic amines is 1. The van der Waals surface area contributed by atoms with Crippen LogP contribution in [0.2, 0.25) is 0 Å². The number of nitrogens with zero attached hydrogens (tertiary/aromatic N) is 1. The minimum Gasteiger partial charge on any atom is -0.464 e. The molecule has 2 heterocycles. The molecule has 37 heavy (non-hydrogen) atoms. The van der Waals surface area contributed by atoms with Crippen molar-refractivity contribution in [1.82, 2.24) is 14.6 Å². The summed E-state index contributed by atoms with van der Waals surface area (Å²) in [5.74, 6) is -0.0398. The van der Waals surface area contributed by atoms with E-state index in [0.717, 1.165) is 12.8 Å². The number of ether oxygens (including phenoxy) is 2. The Balaban J connectivity index is 1.66. The number of aryl methyl sites for hydroxylation is 1. The smallest absolute Gasteiger partial charge is 0.459 e. The molecule has 1 aliphatic heterocycles. The van der Waals surface area contributed by atoms with Crippen molar-refractivity contribution in [2.24, 2.45) is 5.92 Å². The summed E-state index contributed by atoms with van der Waals surface area (Å²) in [5.41, 5.74) is -0.737. The van der Waals surface area contributed by atoms with Crippen LogP contribution in [0, 0.1) is 12.8 Å². The van der Waals surface area contributed by atoms with Gasteiger partial charge in [0, 0.05) is 11.8 Å². The Bertz CT molecular complexity index is 1240. The van der Waals surface area contributed by atoms with Gasteiger partial charge in [-0.25, -0.2) is 9.36 Å². The number of benzene rings is 1. The SMILES string of the molecule is CCC(CC)COC(=O)[C@H](C)N[P@](=O)(OC[C@@H]1C=C[C@H](n2cc(C)c(=O)[nH]c2=O)O1)Oc1ccccc1. The molecule has 2 N–H and O–H groups in total. The summed E-state index contributed by atoms with van der Waals surface area (Å²) in [6.07, 6.45) is 4.99. The Morgan fingerprint density at radius 2 is 1.89 bits per heavy atom. The van der Waals surface area contributed by atoms with E-state index < -0.39 is 43.3 Å². The third-order valence-electron chi connectivity index (χ3n) is 5.92. The van der Waals surface area contributed by atoms with Gasteiger partial charge in [0.05, 0.1) is 13.2 Å². The monoisotopic (exact) mass is 535 g/mol. The maximum atomic E-state index is 13.7. The summed E-state index contributed by atoms with van der Waals surface area (Å²) in [6.45, 7) is 7.22. The lowest BCUT2D eigenvalue weighted by molar-refractivity contribution is -0.146. The van der Waals surface area contributed by atoms with Gasteiger partial charge in [0.1, 0.15) is 17.9 Å². The van der Waals surface area contributed by atoms with E-state index in [9.17, 15) is 18.9 Å². The van der Waals surface area contributed by atoms with Crippen molar-refractivity contribution in [3.63, 3.8) is 0 Å². The first kappa shape index (κ1) is 28.6. The van der Waals surface area contributed by atoms with Crippen LogP contribution in [-0.4, -0.2) is 40.9 Å². The van der Waals surface area contributed by atoms with Gasteiger partial charge < -0.3 is 14.0 Å². The number of carbonyl (C=O) groups is 1. The van der Waals surface area contributed by atoms with Crippen molar-refractivity contribution in [1.29, 1.82) is 0 Å². The highest BCUT2D eigenvalue weighted by Gasteiger charge is 2.34. The van der Waals surface area contributed by atoms with Gasteiger partial charge in [0.15, 0.2) is 6.23 Å². The topological polar surface area (TPSA) is 138 Å². The highest BCUT2D eigenvalue weighted by atomic mass is 31.2. The van der Waals surface area contributed by atoms with Crippen LogP contribution in [0.1, 0.15) is 45.4 Å². The second-order valence-corrected chi connectivity index (χ2v) is 10.5. The van der Waals surface area contributed by atoms with Crippen LogP contribution in [0.4, 0.5) is 0 Å². The van der Waals surface area contributed by atoms with E-state index >= 15 is 0 Å². The van der Waals surface area contributed by atoms with E-state index in [-0.39, 0.29) is 24.9 Å². The molecule has 202 valence electrons. The summed E-state index contributed by atoms with van der Waals surface area (Å²) in [5, 5.41) is 2.65. The Kier molecular flexibility index (Phi) is 10.0. The van der Waals surface area contributed by atoms with Crippen molar-refractivity contribution >= 4 is 13.7 Å². The molecule has 0 saturated carbocycles. The van der Waals surface area contributed by atoms with Gasteiger partial charge in [-0.1, -0.05) is 51.0 Å². The van der Waals surface area contributed by atoms with Gasteiger partial charge >= 0.3 is 19.4 Å². The zero-order valence-corrected chi connectivity index (χ0v) is 22.3. The summed E-state index contributed by atoms with van der Waals surface area (Å²) < 4.78 is 37.4. The zero-order chi connectivity index (χ0) is 27.0. The number of rotatable bonds is 13. The fourth-order valence-electron chi connectivity index (χ4n) is 3.54. The van der Waals surface area contributed by atoms with Crippen molar-refractivity contribution < 1.29 is 27.9 Å². The van der Waals surface area contributed by atoms with Crippen molar-refractivity contribution in [2.75, 3.05) is 13.2 Å². The number of H-pyrrole nitrogens is 1. The molecule has 1 aromatic heterocycles. The summed E-state index contributed by atoms with van der Waals surface area (Å²) in [6, 6.07) is 7.46. The van der Waals surface area contributed by atoms with Crippen LogP contribution in [0.5, 0.6) is 5.75 Å². The van der Waals surface area contributed by atoms with Gasteiger partial charge in [-0.3, -0.25) is 23.7 Å². The molecule has 11 nitrogen and oxygen atoms in total. The maximum Gasteiger partial charge on any atom is 0.459 e. The number of hydrogen-bond acceptors (Lipinski definition) is 8. The second-order valence-electron chi connectivity index (χ2n) is 8.79. The molecule has 0 unspecified atom stereocenters. The van der Waals surface area contributed by atoms with E-state index in [0.29, 0.717) is 5.56 Å². The molecule has 0 fully saturated rings. The molecule has 4 atom stereocenters. The second kappa shape index (κ2) is 13.0. The first-order valence-electron chi connectivity index (χ1n) is 12.2. The maximum absolute atomic E-state index is 13.7. The third-order valence-corrected chi connectivity index (χ3v) is 7.57. The number of nitrogens with one attached hydrogen (secondary N) is 2. The van der Waals surface area contributed by atoms with Crippen molar-refractivity contribution in [3.8, 4) is 5.75 Å². The van der Waals surface area contributed by atoms with Crippen LogP contribution in [0.3, 0.4) is 0 Å². The number of hydrogen-bond donors (Lipinski definition) is 2. The fraction of sp³-hybridized carbons (Fsp3) is 0.480. The Morgan fingerprint density at radius 3 is 2.57 bits per heavy atom. The molecule has 3 rings (SSSR count). The number of para-hydroxylation sites is 1. The zero-order valence-electron chi connectivity index (χ0n) is 21.4. The summed E-state index contributed by atoms with van der Waals surface area (Å²) in [4.78, 5) is 38.6. The molecule has 0 amide bonds. The van der Waals surface area contributed by atoms with Crippen LogP contribution in [0.15, 0.2) is 58.3 Å². The molecule has 0 bridgehead atoms. The first-order valence-corrected chi connectivity index (χ1v) is 13.8. The van der Waals surface area contributed by atoms with Crippen molar-refractivity contribution in [3.05, 3.63) is 75.1 Å². The average molecular weight is 536 g/mol. The van der Waals surface area contributed by atoms with Gasteiger partial charge in [-0.2, -0.15) is 5.09 Å². The van der Waals surface area contributed by atoms with Gasteiger partial charge in [0.2, 0.25) is 0 Å². The number of esters is 1. The van der Waals surface area contributed by atoms with E-state index in [2.05, 4.69) is 10.1 Å². The molecular formula is C25H34N3O8P. The number of aromatic nitrogens is 2. The lowest BCUT2D eigenvalue weighted by atomic mass is 10.1. The van der Waals surface area contributed by atoms with Gasteiger partial charge in [-0.05, 0) is 38.0 Å². The highest BCUT2D eigenvalue weighted by molar-refractivity contribution is 7.52. The highest BCUT2D eigenvalue weighted by Crippen LogP contribution is 2.45. The normalized spacial score (nSPS) is 19.5. The molecule has 1 aliphatic rings. The molecule has 0 aliphatic carbocycles. The Hall–Kier alpha value is -2.98. The standard InChI is InChI=1S/C25H34N3O8P/c1-5-19(6-2)15-33-24(30)18(4)27-37(32,36-20-10-8-7-9-11-20)34-16-21-12-13-22(35-21)28-14-17(3)23(29)26-25(28)31/h7-14,18-19,21-22H,5-6,15-16H2,1-4H3,(H,27,32)(H,26,29,31)/t18-,21-,22+,37-/m0/s1. The first-order chi connectivity index (χ1) is 17.6. The lowest BCUT2D eigenvalue weighted by Crippen LogP contribution is -2.36. The molecule has 0 radical (unpaired) electrons. The third kappa shape index (κ3) is 8.00. The molecule has 0 spiro atoms. The average Bonchev–Trinajstić information content (AvgIpc) is 3.35. The predicted octanol–water partition coefficient (Wildman–Crippen LogP) is 3.46. The van der Waals surface area contributed by atoms with Gasteiger partial charge in [-0.15, -0.1) is 0 Å². The minimum atomic E-state index is -4.06. The van der Waals surface area contributed by atoms with E-state index in [1.165, 1.54) is 17.7 Å². The molecular weight excluding hydrogens is 501 g/mol. The molecule has 2 aromatic rings. The molecule has 0 saturated heterocycles. The Morgan fingerprint density at radius 1 is 1.19 bits per heavy atom. The number of carbonyl (C=O) groups excluding carboxylic acids is 1. The van der Waals surface area contributed by atoms with E-state index in [1.807, 2.05) is 13.8 Å². The van der Waals surface area contributed by atoms with Crippen LogP contribution < -0.4 is 20.9 Å². The van der Waals surface area contributed by atoms with Crippen molar-refractivity contribution in [2.45, 2.75) is 58.9 Å². The molecule has 1 aromatic carbocycles. The molecule has 12 heteroatoms. The summed E-state index contributed by atoms with van der Waals surface area (Å²) >= 11 is 0. The van der Waals surface area contributed by atoms with Crippen LogP contribution in [-0.2, 0) is 23.4 Å². The van der Waals surface area contributed by atoms with E-state index in [4.69, 9.17) is 18.5 Å². The quantitative estimate of drug-likeness (QED) is 0.224. The van der Waals surface area contributed by atoms with Crippen LogP contribution >= 0.6 is 7.75 Å². The Labute approximate surface area is 215 Å².